The zero-order valence-corrected chi connectivity index (χ0v) is 10.8. The highest BCUT2D eigenvalue weighted by Gasteiger charge is 2.12. The molecular formula is C13H18N2O3. The molecule has 1 rings (SSSR count). The minimum Gasteiger partial charge on any atom is -0.481 e. The highest BCUT2D eigenvalue weighted by molar-refractivity contribution is 5.90. The van der Waals surface area contributed by atoms with Gasteiger partial charge in [-0.1, -0.05) is 19.1 Å². The van der Waals surface area contributed by atoms with Gasteiger partial charge in [0.25, 0.3) is 0 Å². The summed E-state index contributed by atoms with van der Waals surface area (Å²) in [5, 5.41) is 13.9. The number of urea groups is 1. The number of hydrogen-bond acceptors (Lipinski definition) is 2. The number of benzene rings is 1. The monoisotopic (exact) mass is 250 g/mol. The quantitative estimate of drug-likeness (QED) is 0.766. The van der Waals surface area contributed by atoms with Crippen LogP contribution in [0.1, 0.15) is 18.1 Å². The van der Waals surface area contributed by atoms with Gasteiger partial charge in [-0.15, -0.1) is 0 Å². The molecular weight excluding hydrogens is 232 g/mol. The Morgan fingerprint density at radius 3 is 2.61 bits per heavy atom. The molecule has 5 nitrogen and oxygen atoms in total. The van der Waals surface area contributed by atoms with Gasteiger partial charge in [0, 0.05) is 12.2 Å². The molecule has 0 heterocycles. The van der Waals surface area contributed by atoms with Crippen molar-refractivity contribution >= 4 is 17.7 Å². The number of carboxylic acids is 1. The van der Waals surface area contributed by atoms with Gasteiger partial charge in [-0.3, -0.25) is 4.79 Å². The Bertz CT molecular complexity index is 458. The van der Waals surface area contributed by atoms with Crippen LogP contribution in [-0.2, 0) is 4.79 Å². The summed E-state index contributed by atoms with van der Waals surface area (Å²) in [6.07, 6.45) is 0. The maximum absolute atomic E-state index is 11.6. The molecule has 2 amide bonds. The van der Waals surface area contributed by atoms with Crippen LogP contribution in [0.2, 0.25) is 0 Å². The maximum Gasteiger partial charge on any atom is 0.319 e. The van der Waals surface area contributed by atoms with E-state index in [1.165, 1.54) is 0 Å². The number of rotatable bonds is 4. The predicted molar refractivity (Wildman–Crippen MR) is 69.7 cm³/mol. The van der Waals surface area contributed by atoms with Crippen LogP contribution in [0.15, 0.2) is 18.2 Å². The van der Waals surface area contributed by atoms with E-state index in [4.69, 9.17) is 5.11 Å². The normalized spacial score (nSPS) is 11.7. The Morgan fingerprint density at radius 2 is 2.00 bits per heavy atom. The Labute approximate surface area is 106 Å². The number of carboxylic acid groups (broad SMARTS) is 1. The molecule has 18 heavy (non-hydrogen) atoms. The molecule has 0 aliphatic rings. The number of amides is 2. The summed E-state index contributed by atoms with van der Waals surface area (Å²) in [6, 6.07) is 5.24. The fourth-order valence-electron chi connectivity index (χ4n) is 1.39. The van der Waals surface area contributed by atoms with E-state index in [0.717, 1.165) is 16.8 Å². The third-order valence-corrected chi connectivity index (χ3v) is 2.84. The van der Waals surface area contributed by atoms with E-state index in [9.17, 15) is 9.59 Å². The second-order valence-electron chi connectivity index (χ2n) is 4.32. The number of carbonyl (C=O) groups is 2. The van der Waals surface area contributed by atoms with E-state index in [1.807, 2.05) is 32.0 Å². The minimum atomic E-state index is -0.929. The molecule has 0 bridgehead atoms. The van der Waals surface area contributed by atoms with Gasteiger partial charge in [0.05, 0.1) is 5.92 Å². The molecule has 0 saturated carbocycles. The van der Waals surface area contributed by atoms with Crippen LogP contribution in [0.4, 0.5) is 10.5 Å². The average Bonchev–Trinajstić information content (AvgIpc) is 2.32. The van der Waals surface area contributed by atoms with E-state index >= 15 is 0 Å². The Balaban J connectivity index is 2.55. The number of carbonyl (C=O) groups excluding carboxylic acids is 1. The van der Waals surface area contributed by atoms with Gasteiger partial charge in [-0.25, -0.2) is 4.79 Å². The van der Waals surface area contributed by atoms with Crippen LogP contribution in [-0.4, -0.2) is 23.7 Å². The van der Waals surface area contributed by atoms with Gasteiger partial charge in [-0.05, 0) is 31.0 Å². The third kappa shape index (κ3) is 3.76. The topological polar surface area (TPSA) is 78.4 Å². The summed E-state index contributed by atoms with van der Waals surface area (Å²) in [4.78, 5) is 22.2. The molecule has 1 atom stereocenters. The lowest BCUT2D eigenvalue weighted by Gasteiger charge is -2.12. The van der Waals surface area contributed by atoms with E-state index in [-0.39, 0.29) is 6.54 Å². The molecule has 0 fully saturated rings. The largest absolute Gasteiger partial charge is 0.481 e. The van der Waals surface area contributed by atoms with Crippen LogP contribution in [0.3, 0.4) is 0 Å². The lowest BCUT2D eigenvalue weighted by Crippen LogP contribution is -2.34. The van der Waals surface area contributed by atoms with E-state index in [2.05, 4.69) is 10.6 Å². The molecule has 98 valence electrons. The minimum absolute atomic E-state index is 0.103. The third-order valence-electron chi connectivity index (χ3n) is 2.84. The molecule has 0 spiro atoms. The van der Waals surface area contributed by atoms with Gasteiger partial charge >= 0.3 is 12.0 Å². The van der Waals surface area contributed by atoms with Crippen molar-refractivity contribution in [3.63, 3.8) is 0 Å². The van der Waals surface area contributed by atoms with E-state index in [1.54, 1.807) is 6.92 Å². The summed E-state index contributed by atoms with van der Waals surface area (Å²) < 4.78 is 0. The zero-order valence-electron chi connectivity index (χ0n) is 10.8. The van der Waals surface area contributed by atoms with Crippen LogP contribution in [0.5, 0.6) is 0 Å². The van der Waals surface area contributed by atoms with Gasteiger partial charge in [-0.2, -0.15) is 0 Å². The van der Waals surface area contributed by atoms with E-state index < -0.39 is 17.9 Å². The lowest BCUT2D eigenvalue weighted by atomic mass is 10.1. The highest BCUT2D eigenvalue weighted by Crippen LogP contribution is 2.17. The van der Waals surface area contributed by atoms with Gasteiger partial charge in [0.15, 0.2) is 0 Å². The van der Waals surface area contributed by atoms with Crippen molar-refractivity contribution in [2.75, 3.05) is 11.9 Å². The second-order valence-corrected chi connectivity index (χ2v) is 4.32. The molecule has 0 aliphatic carbocycles. The molecule has 0 aromatic heterocycles. The summed E-state index contributed by atoms with van der Waals surface area (Å²) in [6.45, 7) is 5.53. The van der Waals surface area contributed by atoms with Gasteiger partial charge in [0.1, 0.15) is 0 Å². The summed E-state index contributed by atoms with van der Waals surface area (Å²) in [5.74, 6) is -1.53. The Kier molecular flexibility index (Phi) is 4.71. The van der Waals surface area contributed by atoms with E-state index in [0.29, 0.717) is 0 Å². The fourth-order valence-corrected chi connectivity index (χ4v) is 1.39. The van der Waals surface area contributed by atoms with Crippen LogP contribution < -0.4 is 10.6 Å². The standard InChI is InChI=1S/C13H18N2O3/c1-8-5-4-6-11(10(8)3)15-13(18)14-7-9(2)12(16)17/h4-6,9H,7H2,1-3H3,(H,16,17)(H2,14,15,18). The molecule has 1 aromatic carbocycles. The number of aryl methyl sites for hydroxylation is 1. The van der Waals surface area contributed by atoms with Gasteiger partial charge < -0.3 is 15.7 Å². The van der Waals surface area contributed by atoms with Crippen molar-refractivity contribution in [2.24, 2.45) is 5.92 Å². The van der Waals surface area contributed by atoms with Gasteiger partial charge in [0.2, 0.25) is 0 Å². The molecule has 3 N–H and O–H groups in total. The predicted octanol–water partition coefficient (Wildman–Crippen LogP) is 2.15. The Hall–Kier alpha value is -2.04. The molecule has 5 heteroatoms. The first kappa shape index (κ1) is 14.0. The van der Waals surface area contributed by atoms with Crippen molar-refractivity contribution in [3.8, 4) is 0 Å². The van der Waals surface area contributed by atoms with Crippen molar-refractivity contribution in [3.05, 3.63) is 29.3 Å². The fraction of sp³-hybridized carbons (Fsp3) is 0.385. The molecule has 0 radical (unpaired) electrons. The lowest BCUT2D eigenvalue weighted by molar-refractivity contribution is -0.140. The summed E-state index contributed by atoms with van der Waals surface area (Å²) >= 11 is 0. The second kappa shape index (κ2) is 6.05. The Morgan fingerprint density at radius 1 is 1.33 bits per heavy atom. The van der Waals surface area contributed by atoms with Crippen LogP contribution in [0, 0.1) is 19.8 Å². The SMILES string of the molecule is Cc1cccc(NC(=O)NCC(C)C(=O)O)c1C. The number of anilines is 1. The van der Waals surface area contributed by atoms with Crippen molar-refractivity contribution < 1.29 is 14.7 Å². The number of nitrogens with one attached hydrogen (secondary N) is 2. The highest BCUT2D eigenvalue weighted by atomic mass is 16.4. The van der Waals surface area contributed by atoms with Crippen molar-refractivity contribution in [1.29, 1.82) is 0 Å². The first-order valence-electron chi connectivity index (χ1n) is 5.75. The molecule has 0 aliphatic heterocycles. The van der Waals surface area contributed by atoms with Crippen molar-refractivity contribution in [2.45, 2.75) is 20.8 Å². The van der Waals surface area contributed by atoms with Crippen molar-refractivity contribution in [1.82, 2.24) is 5.32 Å². The molecule has 0 saturated heterocycles. The van der Waals surface area contributed by atoms with Crippen LogP contribution >= 0.6 is 0 Å². The van der Waals surface area contributed by atoms with Crippen LogP contribution in [0.25, 0.3) is 0 Å². The number of hydrogen-bond donors (Lipinski definition) is 3. The molecule has 1 unspecified atom stereocenters. The summed E-state index contributed by atoms with van der Waals surface area (Å²) in [7, 11) is 0. The summed E-state index contributed by atoms with van der Waals surface area (Å²) in [5.41, 5.74) is 2.82. The zero-order chi connectivity index (χ0) is 13.7. The first-order chi connectivity index (χ1) is 8.41. The number of aliphatic carboxylic acids is 1. The first-order valence-corrected chi connectivity index (χ1v) is 5.75. The maximum atomic E-state index is 11.6. The molecule has 1 aromatic rings. The smallest absolute Gasteiger partial charge is 0.319 e. The average molecular weight is 250 g/mol.